The van der Waals surface area contributed by atoms with Crippen LogP contribution in [0.1, 0.15) is 25.0 Å². The Hall–Kier alpha value is -2.45. The van der Waals surface area contributed by atoms with E-state index in [1.807, 2.05) is 0 Å². The van der Waals surface area contributed by atoms with Gasteiger partial charge in [-0.05, 0) is 30.5 Å². The first kappa shape index (κ1) is 18.3. The number of carbonyl (C=O) groups excluding carboxylic acids is 1. The van der Waals surface area contributed by atoms with E-state index in [2.05, 4.69) is 5.10 Å². The molecule has 2 atom stereocenters. The van der Waals surface area contributed by atoms with E-state index >= 15 is 0 Å². The normalized spacial score (nSPS) is 21.1. The molecule has 0 bridgehead atoms. The maximum absolute atomic E-state index is 14.1. The Morgan fingerprint density at radius 3 is 2.58 bits per heavy atom. The summed E-state index contributed by atoms with van der Waals surface area (Å²) >= 11 is 0. The average molecular weight is 373 g/mol. The SMILES string of the molecule is C[C@@H]1CN(C(=O)C(F)(F)F)CC[C@@H]1c1ccnn1-c1ccc(F)cc1F. The van der Waals surface area contributed by atoms with Crippen molar-refractivity contribution in [3.05, 3.63) is 47.8 Å². The van der Waals surface area contributed by atoms with Crippen molar-refractivity contribution in [2.45, 2.75) is 25.4 Å². The summed E-state index contributed by atoms with van der Waals surface area (Å²) in [5.74, 6) is -3.84. The number of rotatable bonds is 2. The van der Waals surface area contributed by atoms with Gasteiger partial charge in [-0.3, -0.25) is 4.79 Å². The first-order valence-electron chi connectivity index (χ1n) is 8.04. The lowest BCUT2D eigenvalue weighted by Crippen LogP contribution is -2.47. The number of carbonyl (C=O) groups is 1. The van der Waals surface area contributed by atoms with Gasteiger partial charge in [-0.25, -0.2) is 13.5 Å². The predicted octanol–water partition coefficient (Wildman–Crippen LogP) is 3.66. The van der Waals surface area contributed by atoms with Crippen LogP contribution in [-0.4, -0.2) is 39.9 Å². The zero-order valence-electron chi connectivity index (χ0n) is 13.8. The monoisotopic (exact) mass is 373 g/mol. The summed E-state index contributed by atoms with van der Waals surface area (Å²) in [5, 5.41) is 4.07. The second-order valence-electron chi connectivity index (χ2n) is 6.38. The minimum atomic E-state index is -4.90. The molecule has 2 aromatic rings. The first-order valence-corrected chi connectivity index (χ1v) is 8.04. The Kier molecular flexibility index (Phi) is 4.72. The molecule has 1 aliphatic rings. The molecule has 0 unspecified atom stereocenters. The highest BCUT2D eigenvalue weighted by Gasteiger charge is 2.44. The molecular weight excluding hydrogens is 357 g/mol. The second-order valence-corrected chi connectivity index (χ2v) is 6.38. The fourth-order valence-electron chi connectivity index (χ4n) is 3.40. The molecule has 1 aromatic heterocycles. The molecule has 140 valence electrons. The summed E-state index contributed by atoms with van der Waals surface area (Å²) in [5.41, 5.74) is 0.675. The lowest BCUT2D eigenvalue weighted by atomic mass is 9.84. The third kappa shape index (κ3) is 3.42. The zero-order valence-corrected chi connectivity index (χ0v) is 13.8. The Balaban J connectivity index is 1.84. The highest BCUT2D eigenvalue weighted by atomic mass is 19.4. The van der Waals surface area contributed by atoms with Gasteiger partial charge in [0.05, 0.1) is 0 Å². The van der Waals surface area contributed by atoms with Crippen molar-refractivity contribution in [1.29, 1.82) is 0 Å². The fraction of sp³-hybridized carbons (Fsp3) is 0.412. The summed E-state index contributed by atoms with van der Waals surface area (Å²) in [7, 11) is 0. The number of nitrogens with zero attached hydrogens (tertiary/aromatic N) is 3. The van der Waals surface area contributed by atoms with Crippen molar-refractivity contribution >= 4 is 5.91 Å². The van der Waals surface area contributed by atoms with Crippen LogP contribution in [0.2, 0.25) is 0 Å². The van der Waals surface area contributed by atoms with Crippen molar-refractivity contribution in [2.24, 2.45) is 5.92 Å². The summed E-state index contributed by atoms with van der Waals surface area (Å²) in [4.78, 5) is 12.2. The van der Waals surface area contributed by atoms with E-state index in [9.17, 15) is 26.7 Å². The molecule has 0 spiro atoms. The van der Waals surface area contributed by atoms with Gasteiger partial charge in [0.15, 0.2) is 5.82 Å². The smallest absolute Gasteiger partial charge is 0.335 e. The van der Waals surface area contributed by atoms with E-state index in [0.29, 0.717) is 5.69 Å². The number of hydrogen-bond donors (Lipinski definition) is 0. The molecule has 1 saturated heterocycles. The fourth-order valence-corrected chi connectivity index (χ4v) is 3.40. The molecule has 1 aromatic carbocycles. The van der Waals surface area contributed by atoms with Crippen LogP contribution in [0.5, 0.6) is 0 Å². The number of halogens is 5. The van der Waals surface area contributed by atoms with Crippen LogP contribution in [0.15, 0.2) is 30.5 Å². The summed E-state index contributed by atoms with van der Waals surface area (Å²) < 4.78 is 66.4. The van der Waals surface area contributed by atoms with E-state index < -0.39 is 23.7 Å². The number of hydrogen-bond acceptors (Lipinski definition) is 2. The van der Waals surface area contributed by atoms with Crippen LogP contribution in [0, 0.1) is 17.6 Å². The average Bonchev–Trinajstić information content (AvgIpc) is 3.02. The second kappa shape index (κ2) is 6.69. The first-order chi connectivity index (χ1) is 12.2. The number of amides is 1. The van der Waals surface area contributed by atoms with Crippen molar-refractivity contribution in [3.63, 3.8) is 0 Å². The molecule has 9 heteroatoms. The summed E-state index contributed by atoms with van der Waals surface area (Å²) in [6.07, 6.45) is -3.15. The third-order valence-electron chi connectivity index (χ3n) is 4.62. The quantitative estimate of drug-likeness (QED) is 0.754. The van der Waals surface area contributed by atoms with E-state index in [-0.39, 0.29) is 37.0 Å². The van der Waals surface area contributed by atoms with Crippen LogP contribution in [-0.2, 0) is 4.79 Å². The molecule has 1 aliphatic heterocycles. The molecule has 1 fully saturated rings. The number of aromatic nitrogens is 2. The Morgan fingerprint density at radius 2 is 1.96 bits per heavy atom. The van der Waals surface area contributed by atoms with Crippen LogP contribution < -0.4 is 0 Å². The predicted molar refractivity (Wildman–Crippen MR) is 82.6 cm³/mol. The van der Waals surface area contributed by atoms with E-state index in [4.69, 9.17) is 0 Å². The van der Waals surface area contributed by atoms with Crippen LogP contribution >= 0.6 is 0 Å². The molecule has 0 aliphatic carbocycles. The highest BCUT2D eigenvalue weighted by Crippen LogP contribution is 2.35. The van der Waals surface area contributed by atoms with Crippen LogP contribution in [0.3, 0.4) is 0 Å². The van der Waals surface area contributed by atoms with Gasteiger partial charge in [0, 0.05) is 37.0 Å². The van der Waals surface area contributed by atoms with E-state index in [1.54, 1.807) is 13.0 Å². The van der Waals surface area contributed by atoms with Gasteiger partial charge in [-0.2, -0.15) is 18.3 Å². The standard InChI is InChI=1S/C17H16F5N3O/c1-10-9-24(16(26)17(20,21)22)7-5-12(10)14-4-6-23-25(14)15-3-2-11(18)8-13(15)19/h2-4,6,8,10,12H,5,7,9H2,1H3/t10-,12+/m1/s1. The molecule has 0 radical (unpaired) electrons. The van der Waals surface area contributed by atoms with Crippen molar-refractivity contribution in [1.82, 2.24) is 14.7 Å². The van der Waals surface area contributed by atoms with Gasteiger partial charge in [-0.15, -0.1) is 0 Å². The molecule has 4 nitrogen and oxygen atoms in total. The molecular formula is C17H16F5N3O. The zero-order chi connectivity index (χ0) is 19.1. The molecule has 26 heavy (non-hydrogen) atoms. The number of alkyl halides is 3. The molecule has 0 saturated carbocycles. The van der Waals surface area contributed by atoms with Gasteiger partial charge < -0.3 is 4.90 Å². The number of benzene rings is 1. The molecule has 0 N–H and O–H groups in total. The summed E-state index contributed by atoms with van der Waals surface area (Å²) in [6, 6.07) is 4.77. The topological polar surface area (TPSA) is 38.1 Å². The molecule has 1 amide bonds. The van der Waals surface area contributed by atoms with Gasteiger partial charge in [0.1, 0.15) is 11.5 Å². The van der Waals surface area contributed by atoms with Gasteiger partial charge in [-0.1, -0.05) is 6.92 Å². The minimum absolute atomic E-state index is 0.0512. The Morgan fingerprint density at radius 1 is 1.23 bits per heavy atom. The van der Waals surface area contributed by atoms with Gasteiger partial charge in [0.25, 0.3) is 0 Å². The van der Waals surface area contributed by atoms with Crippen molar-refractivity contribution < 1.29 is 26.7 Å². The maximum atomic E-state index is 14.1. The Bertz CT molecular complexity index is 817. The Labute approximate surface area is 146 Å². The maximum Gasteiger partial charge on any atom is 0.471 e. The highest BCUT2D eigenvalue weighted by molar-refractivity contribution is 5.82. The lowest BCUT2D eigenvalue weighted by molar-refractivity contribution is -0.187. The largest absolute Gasteiger partial charge is 0.471 e. The molecule has 2 heterocycles. The van der Waals surface area contributed by atoms with E-state index in [0.717, 1.165) is 17.0 Å². The third-order valence-corrected chi connectivity index (χ3v) is 4.62. The van der Waals surface area contributed by atoms with Crippen LogP contribution in [0.4, 0.5) is 22.0 Å². The lowest BCUT2D eigenvalue weighted by Gasteiger charge is -2.37. The number of piperidine rings is 1. The van der Waals surface area contributed by atoms with Gasteiger partial charge >= 0.3 is 12.1 Å². The van der Waals surface area contributed by atoms with Gasteiger partial charge in [0.2, 0.25) is 0 Å². The van der Waals surface area contributed by atoms with Crippen LogP contribution in [0.25, 0.3) is 5.69 Å². The van der Waals surface area contributed by atoms with E-state index in [1.165, 1.54) is 16.9 Å². The summed E-state index contributed by atoms with van der Waals surface area (Å²) in [6.45, 7) is 1.63. The van der Waals surface area contributed by atoms with Crippen molar-refractivity contribution in [3.8, 4) is 5.69 Å². The van der Waals surface area contributed by atoms with Crippen molar-refractivity contribution in [2.75, 3.05) is 13.1 Å². The molecule has 3 rings (SSSR count). The minimum Gasteiger partial charge on any atom is -0.335 e. The number of likely N-dealkylation sites (tertiary alicyclic amines) is 1.